The topological polar surface area (TPSA) is 67.3 Å². The normalized spacial score (nSPS) is 16.5. The number of para-hydroxylation sites is 1. The van der Waals surface area contributed by atoms with Crippen molar-refractivity contribution in [3.63, 3.8) is 0 Å². The van der Waals surface area contributed by atoms with Crippen LogP contribution in [0.4, 0.5) is 5.82 Å². The van der Waals surface area contributed by atoms with E-state index in [1.807, 2.05) is 37.3 Å². The SMILES string of the molecule is COc1ccccc1C1CN(c2cccc(C(=O)c3cccnc3C)n2)CCN1.[HH]. The summed E-state index contributed by atoms with van der Waals surface area (Å²) in [5.74, 6) is 1.57. The van der Waals surface area contributed by atoms with Crippen LogP contribution in [-0.2, 0) is 0 Å². The fraction of sp³-hybridized carbons (Fsp3) is 0.261. The van der Waals surface area contributed by atoms with E-state index in [2.05, 4.69) is 26.3 Å². The Balaban J connectivity index is 0.00000256. The molecule has 6 nitrogen and oxygen atoms in total. The standard InChI is InChI=1S/C23H24N4O2.H2/c1-16-17(8-6-12-24-16)23(28)19-9-5-11-22(26-19)27-14-13-25-20(15-27)18-7-3-4-10-21(18)29-2;/h3-12,20,25H,13-15H2,1-2H3;1H. The summed E-state index contributed by atoms with van der Waals surface area (Å²) in [7, 11) is 1.69. The maximum absolute atomic E-state index is 12.9. The third-order valence-corrected chi connectivity index (χ3v) is 5.23. The Morgan fingerprint density at radius 2 is 2.03 bits per heavy atom. The molecule has 1 atom stereocenters. The van der Waals surface area contributed by atoms with Crippen LogP contribution in [0.5, 0.6) is 5.75 Å². The summed E-state index contributed by atoms with van der Waals surface area (Å²) >= 11 is 0. The van der Waals surface area contributed by atoms with E-state index in [0.717, 1.165) is 36.8 Å². The van der Waals surface area contributed by atoms with E-state index in [1.54, 1.807) is 31.5 Å². The van der Waals surface area contributed by atoms with E-state index >= 15 is 0 Å². The zero-order valence-electron chi connectivity index (χ0n) is 16.6. The number of ketones is 1. The molecule has 29 heavy (non-hydrogen) atoms. The molecule has 0 spiro atoms. The van der Waals surface area contributed by atoms with Gasteiger partial charge >= 0.3 is 0 Å². The predicted molar refractivity (Wildman–Crippen MR) is 115 cm³/mol. The van der Waals surface area contributed by atoms with Crippen molar-refractivity contribution in [3.8, 4) is 5.75 Å². The second-order valence-electron chi connectivity index (χ2n) is 7.04. The van der Waals surface area contributed by atoms with Gasteiger partial charge in [-0.1, -0.05) is 24.3 Å². The van der Waals surface area contributed by atoms with Crippen LogP contribution in [0.15, 0.2) is 60.8 Å². The Bertz CT molecular complexity index is 1030. The average molecular weight is 390 g/mol. The first kappa shape index (κ1) is 19.1. The van der Waals surface area contributed by atoms with Crippen LogP contribution >= 0.6 is 0 Å². The number of carbonyl (C=O) groups excluding carboxylic acids is 1. The maximum atomic E-state index is 12.9. The summed E-state index contributed by atoms with van der Waals surface area (Å²) in [5.41, 5.74) is 2.86. The van der Waals surface area contributed by atoms with Crippen molar-refractivity contribution in [3.05, 3.63) is 83.3 Å². The molecular weight excluding hydrogens is 364 g/mol. The number of nitrogens with one attached hydrogen (secondary N) is 1. The fourth-order valence-corrected chi connectivity index (χ4v) is 3.71. The number of aromatic nitrogens is 2. The lowest BCUT2D eigenvalue weighted by atomic mass is 10.0. The summed E-state index contributed by atoms with van der Waals surface area (Å²) in [5, 5.41) is 3.56. The van der Waals surface area contributed by atoms with Crippen molar-refractivity contribution in [2.45, 2.75) is 13.0 Å². The van der Waals surface area contributed by atoms with Gasteiger partial charge in [0, 0.05) is 44.1 Å². The third-order valence-electron chi connectivity index (χ3n) is 5.23. The molecule has 1 aliphatic heterocycles. The molecular formula is C23H26N4O2. The predicted octanol–water partition coefficient (Wildman–Crippen LogP) is 3.42. The van der Waals surface area contributed by atoms with E-state index in [1.165, 1.54) is 0 Å². The first-order chi connectivity index (χ1) is 14.2. The molecule has 0 amide bonds. The van der Waals surface area contributed by atoms with E-state index in [0.29, 0.717) is 17.0 Å². The number of rotatable bonds is 5. The maximum Gasteiger partial charge on any atom is 0.213 e. The quantitative estimate of drug-likeness (QED) is 0.674. The van der Waals surface area contributed by atoms with E-state index < -0.39 is 0 Å². The van der Waals surface area contributed by atoms with Gasteiger partial charge in [0.15, 0.2) is 0 Å². The van der Waals surface area contributed by atoms with Crippen LogP contribution in [0.1, 0.15) is 34.8 Å². The molecule has 3 aromatic rings. The molecule has 0 aliphatic carbocycles. The van der Waals surface area contributed by atoms with Gasteiger partial charge in [-0.2, -0.15) is 0 Å². The number of aryl methyl sites for hydroxylation is 1. The van der Waals surface area contributed by atoms with Crippen LogP contribution in [0, 0.1) is 6.92 Å². The Morgan fingerprint density at radius 3 is 2.86 bits per heavy atom. The van der Waals surface area contributed by atoms with Crippen LogP contribution in [0.3, 0.4) is 0 Å². The van der Waals surface area contributed by atoms with Crippen molar-refractivity contribution in [1.29, 1.82) is 0 Å². The lowest BCUT2D eigenvalue weighted by Gasteiger charge is -2.35. The zero-order chi connectivity index (χ0) is 20.2. The van der Waals surface area contributed by atoms with Crippen molar-refractivity contribution >= 4 is 11.6 Å². The molecule has 0 saturated carbocycles. The summed E-state index contributed by atoms with van der Waals surface area (Å²) in [4.78, 5) is 24.0. The minimum Gasteiger partial charge on any atom is -0.496 e. The highest BCUT2D eigenvalue weighted by molar-refractivity contribution is 6.08. The van der Waals surface area contributed by atoms with Gasteiger partial charge in [-0.15, -0.1) is 0 Å². The second-order valence-corrected chi connectivity index (χ2v) is 7.04. The van der Waals surface area contributed by atoms with E-state index in [-0.39, 0.29) is 13.3 Å². The number of hydrogen-bond donors (Lipinski definition) is 1. The smallest absolute Gasteiger partial charge is 0.213 e. The van der Waals surface area contributed by atoms with Crippen molar-refractivity contribution in [2.75, 3.05) is 31.6 Å². The molecule has 1 aromatic carbocycles. The van der Waals surface area contributed by atoms with Crippen molar-refractivity contribution in [2.24, 2.45) is 0 Å². The van der Waals surface area contributed by atoms with Crippen LogP contribution in [0.2, 0.25) is 0 Å². The van der Waals surface area contributed by atoms with Gasteiger partial charge in [0.1, 0.15) is 17.3 Å². The molecule has 1 unspecified atom stereocenters. The molecule has 6 heteroatoms. The summed E-state index contributed by atoms with van der Waals surface area (Å²) in [6.45, 7) is 4.23. The zero-order valence-corrected chi connectivity index (χ0v) is 16.6. The monoisotopic (exact) mass is 390 g/mol. The number of piperazine rings is 1. The third kappa shape index (κ3) is 3.98. The summed E-state index contributed by atoms with van der Waals surface area (Å²) in [6, 6.07) is 17.4. The number of ether oxygens (including phenoxy) is 1. The van der Waals surface area contributed by atoms with Gasteiger partial charge in [-0.05, 0) is 37.3 Å². The van der Waals surface area contributed by atoms with Crippen molar-refractivity contribution < 1.29 is 11.0 Å². The molecule has 1 aliphatic rings. The highest BCUT2D eigenvalue weighted by Gasteiger charge is 2.24. The molecule has 3 heterocycles. The largest absolute Gasteiger partial charge is 0.496 e. The molecule has 2 aromatic heterocycles. The van der Waals surface area contributed by atoms with Crippen molar-refractivity contribution in [1.82, 2.24) is 15.3 Å². The van der Waals surface area contributed by atoms with Gasteiger partial charge in [0.05, 0.1) is 13.2 Å². The molecule has 0 radical (unpaired) electrons. The molecule has 1 N–H and O–H groups in total. The lowest BCUT2D eigenvalue weighted by molar-refractivity contribution is 0.103. The number of carbonyl (C=O) groups is 1. The molecule has 1 saturated heterocycles. The van der Waals surface area contributed by atoms with Gasteiger partial charge in [0.25, 0.3) is 0 Å². The molecule has 4 rings (SSSR count). The minimum absolute atomic E-state index is 0. The first-order valence-corrected chi connectivity index (χ1v) is 9.72. The van der Waals surface area contributed by atoms with Crippen LogP contribution in [-0.4, -0.2) is 42.5 Å². The summed E-state index contributed by atoms with van der Waals surface area (Å²) in [6.07, 6.45) is 1.69. The highest BCUT2D eigenvalue weighted by atomic mass is 16.5. The molecule has 0 bridgehead atoms. The van der Waals surface area contributed by atoms with Gasteiger partial charge in [0.2, 0.25) is 5.78 Å². The summed E-state index contributed by atoms with van der Waals surface area (Å²) < 4.78 is 5.53. The van der Waals surface area contributed by atoms with Gasteiger partial charge < -0.3 is 15.0 Å². The minimum atomic E-state index is -0.103. The number of methoxy groups -OCH3 is 1. The number of benzene rings is 1. The van der Waals surface area contributed by atoms with Gasteiger partial charge in [-0.25, -0.2) is 4.98 Å². The number of nitrogens with zero attached hydrogens (tertiary/aromatic N) is 3. The number of anilines is 1. The highest BCUT2D eigenvalue weighted by Crippen LogP contribution is 2.28. The Kier molecular flexibility index (Phi) is 5.53. The fourth-order valence-electron chi connectivity index (χ4n) is 3.71. The van der Waals surface area contributed by atoms with Crippen LogP contribution in [0.25, 0.3) is 0 Å². The Labute approximate surface area is 172 Å². The van der Waals surface area contributed by atoms with E-state index in [4.69, 9.17) is 4.74 Å². The molecule has 150 valence electrons. The number of pyridine rings is 2. The molecule has 1 fully saturated rings. The lowest BCUT2D eigenvalue weighted by Crippen LogP contribution is -2.46. The van der Waals surface area contributed by atoms with Crippen LogP contribution < -0.4 is 15.0 Å². The first-order valence-electron chi connectivity index (χ1n) is 9.72. The van der Waals surface area contributed by atoms with E-state index in [9.17, 15) is 4.79 Å². The second kappa shape index (κ2) is 8.41. The average Bonchev–Trinajstić information content (AvgIpc) is 2.79. The number of hydrogen-bond acceptors (Lipinski definition) is 6. The Hall–Kier alpha value is -3.25. The Morgan fingerprint density at radius 1 is 1.17 bits per heavy atom. The van der Waals surface area contributed by atoms with Gasteiger partial charge in [-0.3, -0.25) is 9.78 Å².